The number of aromatic nitrogens is 1. The molecular weight excluding hydrogens is 248 g/mol. The predicted molar refractivity (Wildman–Crippen MR) is 82.2 cm³/mol. The van der Waals surface area contributed by atoms with Gasteiger partial charge in [-0.1, -0.05) is 19.9 Å². The van der Waals surface area contributed by atoms with Gasteiger partial charge in [0.2, 0.25) is 5.88 Å². The third kappa shape index (κ3) is 3.36. The molecular formula is C17H22N2O. The van der Waals surface area contributed by atoms with E-state index in [-0.39, 0.29) is 0 Å². The van der Waals surface area contributed by atoms with Gasteiger partial charge in [0.05, 0.1) is 0 Å². The van der Waals surface area contributed by atoms with E-state index in [0.717, 1.165) is 17.0 Å². The quantitative estimate of drug-likeness (QED) is 0.911. The van der Waals surface area contributed by atoms with Crippen molar-refractivity contribution in [2.45, 2.75) is 40.2 Å². The molecule has 1 heterocycles. The number of nitrogens with zero attached hydrogens (tertiary/aromatic N) is 1. The Morgan fingerprint density at radius 2 is 1.90 bits per heavy atom. The van der Waals surface area contributed by atoms with Crippen LogP contribution >= 0.6 is 0 Å². The van der Waals surface area contributed by atoms with Gasteiger partial charge in [-0.25, -0.2) is 4.98 Å². The molecule has 1 aromatic heterocycles. The zero-order valence-corrected chi connectivity index (χ0v) is 12.6. The molecule has 2 rings (SSSR count). The molecule has 0 saturated carbocycles. The highest BCUT2D eigenvalue weighted by Crippen LogP contribution is 2.26. The van der Waals surface area contributed by atoms with Crippen LogP contribution in [0.3, 0.4) is 0 Å². The van der Waals surface area contributed by atoms with Crippen LogP contribution in [-0.4, -0.2) is 4.98 Å². The van der Waals surface area contributed by atoms with Gasteiger partial charge in [0.25, 0.3) is 0 Å². The van der Waals surface area contributed by atoms with E-state index in [4.69, 9.17) is 10.5 Å². The van der Waals surface area contributed by atoms with Crippen molar-refractivity contribution < 1.29 is 4.74 Å². The lowest BCUT2D eigenvalue weighted by Gasteiger charge is -2.12. The second-order valence-electron chi connectivity index (χ2n) is 5.43. The van der Waals surface area contributed by atoms with Gasteiger partial charge in [0.15, 0.2) is 0 Å². The van der Waals surface area contributed by atoms with Gasteiger partial charge in [-0.15, -0.1) is 0 Å². The van der Waals surface area contributed by atoms with Crippen molar-refractivity contribution in [2.24, 2.45) is 5.73 Å². The molecule has 106 valence electrons. The average Bonchev–Trinajstić information content (AvgIpc) is 2.37. The molecule has 20 heavy (non-hydrogen) atoms. The van der Waals surface area contributed by atoms with Crippen LogP contribution in [0.4, 0.5) is 0 Å². The summed E-state index contributed by atoms with van der Waals surface area (Å²) in [6.07, 6.45) is 0. The molecule has 0 saturated heterocycles. The fourth-order valence-corrected chi connectivity index (χ4v) is 2.36. The lowest BCUT2D eigenvalue weighted by molar-refractivity contribution is 0.460. The molecule has 3 heteroatoms. The van der Waals surface area contributed by atoms with Gasteiger partial charge >= 0.3 is 0 Å². The topological polar surface area (TPSA) is 48.1 Å². The van der Waals surface area contributed by atoms with Crippen molar-refractivity contribution >= 4 is 0 Å². The van der Waals surface area contributed by atoms with Crippen LogP contribution in [0, 0.1) is 13.8 Å². The summed E-state index contributed by atoms with van der Waals surface area (Å²) in [4.78, 5) is 4.39. The molecule has 1 aromatic carbocycles. The summed E-state index contributed by atoms with van der Waals surface area (Å²) < 4.78 is 5.85. The predicted octanol–water partition coefficient (Wildman–Crippen LogP) is 4.07. The Bertz CT molecular complexity index is 606. The summed E-state index contributed by atoms with van der Waals surface area (Å²) >= 11 is 0. The van der Waals surface area contributed by atoms with Crippen LogP contribution < -0.4 is 10.5 Å². The number of benzene rings is 1. The van der Waals surface area contributed by atoms with Crippen molar-refractivity contribution in [1.82, 2.24) is 4.98 Å². The Hall–Kier alpha value is -1.87. The highest BCUT2D eigenvalue weighted by atomic mass is 16.5. The molecule has 0 fully saturated rings. The number of hydrogen-bond acceptors (Lipinski definition) is 3. The Morgan fingerprint density at radius 1 is 1.15 bits per heavy atom. The van der Waals surface area contributed by atoms with Gasteiger partial charge in [0, 0.05) is 18.3 Å². The van der Waals surface area contributed by atoms with E-state index in [2.05, 4.69) is 37.9 Å². The van der Waals surface area contributed by atoms with Crippen LogP contribution in [0.5, 0.6) is 11.6 Å². The Kier molecular flexibility index (Phi) is 4.40. The minimum atomic E-state index is 0.491. The maximum Gasteiger partial charge on any atom is 0.219 e. The number of pyridine rings is 1. The van der Waals surface area contributed by atoms with E-state index in [0.29, 0.717) is 18.3 Å². The molecule has 2 aromatic rings. The zero-order valence-electron chi connectivity index (χ0n) is 12.6. The van der Waals surface area contributed by atoms with E-state index in [1.807, 2.05) is 25.1 Å². The fraction of sp³-hybridized carbons (Fsp3) is 0.353. The van der Waals surface area contributed by atoms with E-state index in [9.17, 15) is 0 Å². The van der Waals surface area contributed by atoms with Crippen molar-refractivity contribution in [3.05, 3.63) is 52.7 Å². The van der Waals surface area contributed by atoms with Gasteiger partial charge in [-0.05, 0) is 54.7 Å². The molecule has 0 spiro atoms. The smallest absolute Gasteiger partial charge is 0.219 e. The first-order valence-electron chi connectivity index (χ1n) is 6.95. The minimum Gasteiger partial charge on any atom is -0.439 e. The monoisotopic (exact) mass is 270 g/mol. The maximum absolute atomic E-state index is 5.85. The van der Waals surface area contributed by atoms with Gasteiger partial charge in [-0.2, -0.15) is 0 Å². The summed E-state index contributed by atoms with van der Waals surface area (Å²) in [5, 5.41) is 0. The normalized spacial score (nSPS) is 10.9. The number of aryl methyl sites for hydroxylation is 2. The van der Waals surface area contributed by atoms with Gasteiger partial charge in [-0.3, -0.25) is 0 Å². The second-order valence-corrected chi connectivity index (χ2v) is 5.43. The van der Waals surface area contributed by atoms with Crippen molar-refractivity contribution in [2.75, 3.05) is 0 Å². The Balaban J connectivity index is 2.26. The number of nitrogens with two attached hydrogens (primary N) is 1. The second kappa shape index (κ2) is 6.06. The minimum absolute atomic E-state index is 0.491. The first-order chi connectivity index (χ1) is 9.49. The lowest BCUT2D eigenvalue weighted by atomic mass is 9.98. The molecule has 2 N–H and O–H groups in total. The first kappa shape index (κ1) is 14.5. The Labute approximate surface area is 120 Å². The molecule has 0 atom stereocenters. The summed E-state index contributed by atoms with van der Waals surface area (Å²) in [5.74, 6) is 1.93. The van der Waals surface area contributed by atoms with Crippen molar-refractivity contribution in [1.29, 1.82) is 0 Å². The van der Waals surface area contributed by atoms with Crippen LogP contribution in [0.2, 0.25) is 0 Å². The van der Waals surface area contributed by atoms with Gasteiger partial charge < -0.3 is 10.5 Å². The van der Waals surface area contributed by atoms with E-state index in [1.165, 1.54) is 11.1 Å². The summed E-state index contributed by atoms with van der Waals surface area (Å²) in [6.45, 7) is 8.93. The summed E-state index contributed by atoms with van der Waals surface area (Å²) in [5.41, 5.74) is 10.2. The molecule has 0 radical (unpaired) electrons. The summed E-state index contributed by atoms with van der Waals surface area (Å²) in [7, 11) is 0. The fourth-order valence-electron chi connectivity index (χ4n) is 2.36. The van der Waals surface area contributed by atoms with Gasteiger partial charge in [0.1, 0.15) is 5.75 Å². The SMILES string of the molecule is Cc1cc(CN)cc(Oc2ccc(C(C)C)c(C)c2)n1. The first-order valence-corrected chi connectivity index (χ1v) is 6.95. The van der Waals surface area contributed by atoms with Crippen LogP contribution in [0.25, 0.3) is 0 Å². The Morgan fingerprint density at radius 3 is 2.50 bits per heavy atom. The molecule has 3 nitrogen and oxygen atoms in total. The van der Waals surface area contributed by atoms with E-state index >= 15 is 0 Å². The van der Waals surface area contributed by atoms with Crippen molar-refractivity contribution in [3.63, 3.8) is 0 Å². The van der Waals surface area contributed by atoms with Crippen LogP contribution in [-0.2, 0) is 6.54 Å². The number of rotatable bonds is 4. The van der Waals surface area contributed by atoms with E-state index < -0.39 is 0 Å². The van der Waals surface area contributed by atoms with Crippen LogP contribution in [0.15, 0.2) is 30.3 Å². The number of hydrogen-bond donors (Lipinski definition) is 1. The molecule has 0 aliphatic rings. The maximum atomic E-state index is 5.85. The number of ether oxygens (including phenoxy) is 1. The molecule has 0 amide bonds. The summed E-state index contributed by atoms with van der Waals surface area (Å²) in [6, 6.07) is 10.0. The highest BCUT2D eigenvalue weighted by Gasteiger charge is 2.07. The average molecular weight is 270 g/mol. The molecule has 0 unspecified atom stereocenters. The lowest BCUT2D eigenvalue weighted by Crippen LogP contribution is -2.00. The third-order valence-electron chi connectivity index (χ3n) is 3.31. The molecule has 0 aliphatic carbocycles. The molecule has 0 aliphatic heterocycles. The van der Waals surface area contributed by atoms with Crippen LogP contribution in [0.1, 0.15) is 42.1 Å². The third-order valence-corrected chi connectivity index (χ3v) is 3.31. The standard InChI is InChI=1S/C17H22N2O/c1-11(2)16-6-5-15(7-12(16)3)20-17-9-14(10-18)8-13(4)19-17/h5-9,11H,10,18H2,1-4H3. The van der Waals surface area contributed by atoms with E-state index in [1.54, 1.807) is 0 Å². The largest absolute Gasteiger partial charge is 0.439 e. The zero-order chi connectivity index (χ0) is 14.7. The molecule has 0 bridgehead atoms. The highest BCUT2D eigenvalue weighted by molar-refractivity contribution is 5.38. The van der Waals surface area contributed by atoms with Crippen molar-refractivity contribution in [3.8, 4) is 11.6 Å².